The zero-order valence-corrected chi connectivity index (χ0v) is 12.9. The highest BCUT2D eigenvalue weighted by molar-refractivity contribution is 14.1. The summed E-state index contributed by atoms with van der Waals surface area (Å²) in [7, 11) is 0. The minimum absolute atomic E-state index is 0.0282. The molecule has 1 amide bonds. The summed E-state index contributed by atoms with van der Waals surface area (Å²) in [6.45, 7) is 0.606. The number of phenolic OH excluding ortho intramolecular Hbond substituents is 1. The molecular formula is C12H13BrINO2. The normalized spacial score (nSPS) is 16.6. The summed E-state index contributed by atoms with van der Waals surface area (Å²) in [4.78, 5) is 12.2. The topological polar surface area (TPSA) is 49.3 Å². The first-order valence-corrected chi connectivity index (χ1v) is 7.48. The van der Waals surface area contributed by atoms with Crippen molar-refractivity contribution < 1.29 is 9.90 Å². The van der Waals surface area contributed by atoms with Gasteiger partial charge < -0.3 is 10.4 Å². The third-order valence-corrected chi connectivity index (χ3v) is 4.54. The molecule has 2 N–H and O–H groups in total. The summed E-state index contributed by atoms with van der Waals surface area (Å²) in [6.07, 6.45) is 2.47. The van der Waals surface area contributed by atoms with E-state index in [1.807, 2.05) is 0 Å². The van der Waals surface area contributed by atoms with Crippen LogP contribution in [0.25, 0.3) is 0 Å². The number of phenols is 1. The fourth-order valence-corrected chi connectivity index (χ4v) is 2.78. The number of hydrogen-bond donors (Lipinski definition) is 2. The fourth-order valence-electron chi connectivity index (χ4n) is 1.60. The predicted octanol–water partition coefficient (Wildman–Crippen LogP) is 2.90. The number of carbonyl (C=O) groups is 1. The lowest BCUT2D eigenvalue weighted by molar-refractivity contribution is 0.0950. The van der Waals surface area contributed by atoms with Gasteiger partial charge in [0.2, 0.25) is 0 Å². The van der Waals surface area contributed by atoms with Gasteiger partial charge in [-0.25, -0.2) is 0 Å². The van der Waals surface area contributed by atoms with Crippen LogP contribution in [0.1, 0.15) is 23.2 Å². The van der Waals surface area contributed by atoms with Crippen molar-refractivity contribution in [1.82, 2.24) is 5.32 Å². The van der Waals surface area contributed by atoms with Gasteiger partial charge in [-0.15, -0.1) is 0 Å². The van der Waals surface area contributed by atoms with Gasteiger partial charge in [-0.3, -0.25) is 4.79 Å². The van der Waals surface area contributed by atoms with E-state index in [4.69, 9.17) is 0 Å². The van der Waals surface area contributed by atoms with Crippen molar-refractivity contribution in [3.05, 3.63) is 27.3 Å². The van der Waals surface area contributed by atoms with Gasteiger partial charge in [-0.1, -0.05) is 15.9 Å². The van der Waals surface area contributed by atoms with Gasteiger partial charge in [0.05, 0.1) is 5.56 Å². The predicted molar refractivity (Wildman–Crippen MR) is 78.6 cm³/mol. The molecule has 0 spiro atoms. The molecule has 1 aliphatic rings. The summed E-state index contributed by atoms with van der Waals surface area (Å²) in [5.41, 5.74) is 0.340. The molecule has 0 radical (unpaired) electrons. The van der Waals surface area contributed by atoms with Crippen LogP contribution in [0.15, 0.2) is 18.2 Å². The molecule has 1 unspecified atom stereocenters. The summed E-state index contributed by atoms with van der Waals surface area (Å²) < 4.78 is 0.933. The molecule has 0 aliphatic heterocycles. The third kappa shape index (κ3) is 3.58. The second-order valence-corrected chi connectivity index (χ2v) is 6.65. The Bertz CT molecular complexity index is 435. The first-order valence-electron chi connectivity index (χ1n) is 5.48. The maximum atomic E-state index is 11.9. The van der Waals surface area contributed by atoms with Crippen molar-refractivity contribution in [2.75, 3.05) is 6.54 Å². The lowest BCUT2D eigenvalue weighted by Crippen LogP contribution is -2.30. The maximum absolute atomic E-state index is 11.9. The molecule has 0 heterocycles. The smallest absolute Gasteiger partial charge is 0.255 e. The number of rotatable bonds is 4. The van der Waals surface area contributed by atoms with Gasteiger partial charge in [0.25, 0.3) is 5.91 Å². The highest BCUT2D eigenvalue weighted by Gasteiger charge is 2.29. The van der Waals surface area contributed by atoms with Crippen LogP contribution in [0.2, 0.25) is 0 Å². The number of alkyl halides is 1. The molecule has 1 aliphatic carbocycles. The van der Waals surface area contributed by atoms with E-state index < -0.39 is 0 Å². The Morgan fingerprint density at radius 3 is 2.94 bits per heavy atom. The molecule has 1 fully saturated rings. The Morgan fingerprint density at radius 2 is 2.29 bits per heavy atom. The van der Waals surface area contributed by atoms with Crippen molar-refractivity contribution in [1.29, 1.82) is 0 Å². The standard InChI is InChI=1S/C12H13BrINO2/c13-10(7-1-2-7)6-15-12(17)9-5-8(14)3-4-11(9)16/h3-5,7,10,16H,1-2,6H2,(H,15,17). The van der Waals surface area contributed by atoms with Crippen molar-refractivity contribution in [3.63, 3.8) is 0 Å². The van der Waals surface area contributed by atoms with E-state index in [9.17, 15) is 9.90 Å². The number of aromatic hydroxyl groups is 1. The SMILES string of the molecule is O=C(NCC(Br)C1CC1)c1cc(I)ccc1O. The zero-order valence-electron chi connectivity index (χ0n) is 9.12. The van der Waals surface area contributed by atoms with E-state index in [1.165, 1.54) is 12.8 Å². The molecule has 1 saturated carbocycles. The molecule has 0 aromatic heterocycles. The maximum Gasteiger partial charge on any atom is 0.255 e. The molecule has 2 rings (SSSR count). The second kappa shape index (κ2) is 5.56. The molecule has 0 bridgehead atoms. The number of hydrogen-bond acceptors (Lipinski definition) is 2. The molecule has 3 nitrogen and oxygen atoms in total. The van der Waals surface area contributed by atoms with E-state index in [1.54, 1.807) is 18.2 Å². The second-order valence-electron chi connectivity index (χ2n) is 4.22. The molecule has 17 heavy (non-hydrogen) atoms. The number of carbonyl (C=O) groups excluding carboxylic acids is 1. The Balaban J connectivity index is 1.96. The van der Waals surface area contributed by atoms with Crippen LogP contribution in [-0.4, -0.2) is 22.4 Å². The molecule has 0 saturated heterocycles. The van der Waals surface area contributed by atoms with Crippen LogP contribution >= 0.6 is 38.5 Å². The van der Waals surface area contributed by atoms with Crippen molar-refractivity contribution in [2.45, 2.75) is 17.7 Å². The van der Waals surface area contributed by atoms with Gasteiger partial charge in [0.1, 0.15) is 5.75 Å². The number of benzene rings is 1. The molecule has 1 aromatic rings. The van der Waals surface area contributed by atoms with Crippen LogP contribution < -0.4 is 5.32 Å². The molecule has 5 heteroatoms. The summed E-state index contributed by atoms with van der Waals surface area (Å²) >= 11 is 5.68. The largest absolute Gasteiger partial charge is 0.507 e. The average Bonchev–Trinajstić information content (AvgIpc) is 3.12. The number of halogens is 2. The van der Waals surface area contributed by atoms with Crippen molar-refractivity contribution in [2.24, 2.45) is 5.92 Å². The van der Waals surface area contributed by atoms with Gasteiger partial charge in [0, 0.05) is 14.9 Å². The Labute approximate surface area is 122 Å². The van der Waals surface area contributed by atoms with E-state index in [0.29, 0.717) is 22.9 Å². The van der Waals surface area contributed by atoms with Crippen LogP contribution in [0.5, 0.6) is 5.75 Å². The summed E-state index contributed by atoms with van der Waals surface area (Å²) in [5, 5.41) is 12.5. The highest BCUT2D eigenvalue weighted by atomic mass is 127. The Morgan fingerprint density at radius 1 is 1.59 bits per heavy atom. The zero-order chi connectivity index (χ0) is 12.4. The Kier molecular flexibility index (Phi) is 4.30. The summed E-state index contributed by atoms with van der Waals surface area (Å²) in [6, 6.07) is 5.00. The molecule has 1 aromatic carbocycles. The summed E-state index contributed by atoms with van der Waals surface area (Å²) in [5.74, 6) is 0.506. The fraction of sp³-hybridized carbons (Fsp3) is 0.417. The van der Waals surface area contributed by atoms with Gasteiger partial charge >= 0.3 is 0 Å². The van der Waals surface area contributed by atoms with E-state index >= 15 is 0 Å². The monoisotopic (exact) mass is 409 g/mol. The first-order chi connectivity index (χ1) is 8.08. The van der Waals surface area contributed by atoms with E-state index in [-0.39, 0.29) is 11.7 Å². The number of nitrogens with one attached hydrogen (secondary N) is 1. The van der Waals surface area contributed by atoms with Crippen molar-refractivity contribution in [3.8, 4) is 5.75 Å². The quantitative estimate of drug-likeness (QED) is 0.593. The van der Waals surface area contributed by atoms with Crippen LogP contribution in [0.4, 0.5) is 0 Å². The average molecular weight is 410 g/mol. The van der Waals surface area contributed by atoms with E-state index in [0.717, 1.165) is 3.57 Å². The first kappa shape index (κ1) is 13.1. The Hall–Kier alpha value is -0.300. The number of amides is 1. The lowest BCUT2D eigenvalue weighted by atomic mass is 10.2. The molecule has 1 atom stereocenters. The van der Waals surface area contributed by atoms with Crippen LogP contribution in [0, 0.1) is 9.49 Å². The van der Waals surface area contributed by atoms with Gasteiger partial charge in [-0.05, 0) is 59.5 Å². The molecule has 92 valence electrons. The van der Waals surface area contributed by atoms with Crippen molar-refractivity contribution >= 4 is 44.4 Å². The van der Waals surface area contributed by atoms with Crippen LogP contribution in [0.3, 0.4) is 0 Å². The van der Waals surface area contributed by atoms with Gasteiger partial charge in [0.15, 0.2) is 0 Å². The van der Waals surface area contributed by atoms with E-state index in [2.05, 4.69) is 43.8 Å². The highest BCUT2D eigenvalue weighted by Crippen LogP contribution is 2.36. The molecular weight excluding hydrogens is 397 g/mol. The van der Waals surface area contributed by atoms with Gasteiger partial charge in [-0.2, -0.15) is 0 Å². The lowest BCUT2D eigenvalue weighted by Gasteiger charge is -2.11. The minimum atomic E-state index is -0.217. The van der Waals surface area contributed by atoms with Crippen LogP contribution in [-0.2, 0) is 0 Å². The minimum Gasteiger partial charge on any atom is -0.507 e. The third-order valence-electron chi connectivity index (χ3n) is 2.79.